The van der Waals surface area contributed by atoms with Gasteiger partial charge in [0.2, 0.25) is 0 Å². The van der Waals surface area contributed by atoms with E-state index < -0.39 is 0 Å². The molecule has 25 heavy (non-hydrogen) atoms. The average molecular weight is 347 g/mol. The summed E-state index contributed by atoms with van der Waals surface area (Å²) in [6.07, 6.45) is 0.872. The molecule has 0 radical (unpaired) electrons. The highest BCUT2D eigenvalue weighted by atomic mass is 16.5. The normalized spacial score (nSPS) is 14.4. The molecule has 138 valence electrons. The minimum absolute atomic E-state index is 0.0270. The van der Waals surface area contributed by atoms with Crippen LogP contribution in [0.3, 0.4) is 0 Å². The lowest BCUT2D eigenvalue weighted by molar-refractivity contribution is -0.134. The highest BCUT2D eigenvalue weighted by Gasteiger charge is 2.26. The van der Waals surface area contributed by atoms with Gasteiger partial charge in [-0.2, -0.15) is 0 Å². The lowest BCUT2D eigenvalue weighted by Gasteiger charge is -2.37. The Labute approximate surface area is 150 Å². The van der Waals surface area contributed by atoms with Crippen molar-refractivity contribution in [3.8, 4) is 5.75 Å². The average Bonchev–Trinajstić information content (AvgIpc) is 2.67. The molecule has 1 saturated heterocycles. The number of aryl methyl sites for hydroxylation is 1. The molecule has 1 heterocycles. The number of urea groups is 1. The maximum atomic E-state index is 12.4. The van der Waals surface area contributed by atoms with E-state index >= 15 is 0 Å². The molecule has 6 heteroatoms. The lowest BCUT2D eigenvalue weighted by atomic mass is 10.1. The Morgan fingerprint density at radius 3 is 2.20 bits per heavy atom. The SMILES string of the molecule is CCc1ccccc1OCC(=O)N1CCN(C(=O)N(CC)CC)CC1. The van der Waals surface area contributed by atoms with Crippen molar-refractivity contribution < 1.29 is 14.3 Å². The second-order valence-electron chi connectivity index (χ2n) is 6.07. The van der Waals surface area contributed by atoms with Gasteiger partial charge in [-0.3, -0.25) is 4.79 Å². The largest absolute Gasteiger partial charge is 0.483 e. The molecule has 0 aliphatic carbocycles. The number of hydrogen-bond donors (Lipinski definition) is 0. The minimum Gasteiger partial charge on any atom is -0.483 e. The van der Waals surface area contributed by atoms with Gasteiger partial charge in [-0.1, -0.05) is 25.1 Å². The van der Waals surface area contributed by atoms with Gasteiger partial charge in [0.05, 0.1) is 0 Å². The first-order valence-electron chi connectivity index (χ1n) is 9.13. The van der Waals surface area contributed by atoms with Gasteiger partial charge < -0.3 is 19.4 Å². The second kappa shape index (κ2) is 9.30. The van der Waals surface area contributed by atoms with E-state index in [-0.39, 0.29) is 18.5 Å². The maximum absolute atomic E-state index is 12.4. The predicted molar refractivity (Wildman–Crippen MR) is 97.8 cm³/mol. The molecular weight excluding hydrogens is 318 g/mol. The molecule has 0 spiro atoms. The zero-order valence-corrected chi connectivity index (χ0v) is 15.5. The number of benzene rings is 1. The fourth-order valence-electron chi connectivity index (χ4n) is 3.01. The van der Waals surface area contributed by atoms with Crippen LogP contribution in [-0.2, 0) is 11.2 Å². The number of hydrogen-bond acceptors (Lipinski definition) is 3. The van der Waals surface area contributed by atoms with Crippen molar-refractivity contribution in [2.24, 2.45) is 0 Å². The van der Waals surface area contributed by atoms with Crippen molar-refractivity contribution in [2.75, 3.05) is 45.9 Å². The lowest BCUT2D eigenvalue weighted by Crippen LogP contribution is -2.54. The standard InChI is InChI=1S/C19H29N3O3/c1-4-16-9-7-8-10-17(16)25-15-18(23)21-11-13-22(14-12-21)19(24)20(5-2)6-3/h7-10H,4-6,11-15H2,1-3H3. The number of piperazine rings is 1. The molecule has 1 aromatic carbocycles. The van der Waals surface area contributed by atoms with Gasteiger partial charge in [-0.05, 0) is 31.9 Å². The number of ether oxygens (including phenoxy) is 1. The summed E-state index contributed by atoms with van der Waals surface area (Å²) < 4.78 is 5.71. The van der Waals surface area contributed by atoms with Gasteiger partial charge in [0.15, 0.2) is 6.61 Å². The molecule has 1 fully saturated rings. The van der Waals surface area contributed by atoms with Crippen LogP contribution in [0.2, 0.25) is 0 Å². The Hall–Kier alpha value is -2.24. The fourth-order valence-corrected chi connectivity index (χ4v) is 3.01. The molecule has 1 aromatic rings. The Kier molecular flexibility index (Phi) is 7.10. The summed E-state index contributed by atoms with van der Waals surface area (Å²) in [6, 6.07) is 7.85. The first-order valence-corrected chi connectivity index (χ1v) is 9.13. The van der Waals surface area contributed by atoms with Gasteiger partial charge in [-0.15, -0.1) is 0 Å². The summed E-state index contributed by atoms with van der Waals surface area (Å²) in [5, 5.41) is 0. The molecule has 3 amide bonds. The predicted octanol–water partition coefficient (Wildman–Crippen LogP) is 2.23. The van der Waals surface area contributed by atoms with E-state index in [9.17, 15) is 9.59 Å². The first kappa shape index (κ1) is 19.1. The maximum Gasteiger partial charge on any atom is 0.320 e. The molecule has 6 nitrogen and oxygen atoms in total. The summed E-state index contributed by atoms with van der Waals surface area (Å²) in [5.74, 6) is 0.745. The van der Waals surface area contributed by atoms with E-state index in [4.69, 9.17) is 4.74 Å². The summed E-state index contributed by atoms with van der Waals surface area (Å²) in [5.41, 5.74) is 1.10. The van der Waals surface area contributed by atoms with Crippen molar-refractivity contribution in [3.05, 3.63) is 29.8 Å². The van der Waals surface area contributed by atoms with Crippen LogP contribution in [0.25, 0.3) is 0 Å². The molecule has 0 saturated carbocycles. The number of nitrogens with zero attached hydrogens (tertiary/aromatic N) is 3. The van der Waals surface area contributed by atoms with E-state index in [0.29, 0.717) is 39.3 Å². The van der Waals surface area contributed by atoms with Crippen molar-refractivity contribution in [1.29, 1.82) is 0 Å². The first-order chi connectivity index (χ1) is 12.1. The summed E-state index contributed by atoms with van der Waals surface area (Å²) >= 11 is 0. The smallest absolute Gasteiger partial charge is 0.320 e. The zero-order valence-electron chi connectivity index (χ0n) is 15.5. The molecule has 1 aliphatic heterocycles. The van der Waals surface area contributed by atoms with Gasteiger partial charge >= 0.3 is 6.03 Å². The third kappa shape index (κ3) is 4.87. The Morgan fingerprint density at radius 1 is 1.00 bits per heavy atom. The van der Waals surface area contributed by atoms with Crippen LogP contribution in [0.15, 0.2) is 24.3 Å². The molecular formula is C19H29N3O3. The molecule has 0 atom stereocenters. The Bertz CT molecular complexity index is 579. The van der Waals surface area contributed by atoms with Crippen LogP contribution in [0, 0.1) is 0 Å². The number of para-hydroxylation sites is 1. The molecule has 0 unspecified atom stereocenters. The molecule has 1 aliphatic rings. The van der Waals surface area contributed by atoms with Crippen LogP contribution in [0.4, 0.5) is 4.79 Å². The van der Waals surface area contributed by atoms with Crippen molar-refractivity contribution >= 4 is 11.9 Å². The number of carbonyl (C=O) groups excluding carboxylic acids is 2. The van der Waals surface area contributed by atoms with E-state index in [0.717, 1.165) is 17.7 Å². The molecule has 0 N–H and O–H groups in total. The highest BCUT2D eigenvalue weighted by molar-refractivity contribution is 5.79. The summed E-state index contributed by atoms with van der Waals surface area (Å²) in [4.78, 5) is 30.1. The van der Waals surface area contributed by atoms with E-state index in [1.807, 2.05) is 47.9 Å². The highest BCUT2D eigenvalue weighted by Crippen LogP contribution is 2.18. The third-order valence-electron chi connectivity index (χ3n) is 4.64. The van der Waals surface area contributed by atoms with E-state index in [1.54, 1.807) is 4.90 Å². The summed E-state index contributed by atoms with van der Waals surface area (Å²) in [7, 11) is 0. The van der Waals surface area contributed by atoms with Gasteiger partial charge in [-0.25, -0.2) is 4.79 Å². The molecule has 2 rings (SSSR count). The topological polar surface area (TPSA) is 53.1 Å². The fraction of sp³-hybridized carbons (Fsp3) is 0.579. The molecule has 0 bridgehead atoms. The Morgan fingerprint density at radius 2 is 1.60 bits per heavy atom. The zero-order chi connectivity index (χ0) is 18.2. The number of rotatable bonds is 6. The number of carbonyl (C=O) groups is 2. The second-order valence-corrected chi connectivity index (χ2v) is 6.07. The Balaban J connectivity index is 1.82. The van der Waals surface area contributed by atoms with Crippen molar-refractivity contribution in [1.82, 2.24) is 14.7 Å². The monoisotopic (exact) mass is 347 g/mol. The van der Waals surface area contributed by atoms with Crippen LogP contribution in [-0.4, -0.2) is 72.5 Å². The summed E-state index contributed by atoms with van der Waals surface area (Å²) in [6.45, 7) is 9.75. The molecule has 0 aromatic heterocycles. The van der Waals surface area contributed by atoms with Crippen molar-refractivity contribution in [2.45, 2.75) is 27.2 Å². The van der Waals surface area contributed by atoms with Gasteiger partial charge in [0.25, 0.3) is 5.91 Å². The van der Waals surface area contributed by atoms with E-state index in [1.165, 1.54) is 0 Å². The van der Waals surface area contributed by atoms with Crippen LogP contribution in [0.5, 0.6) is 5.75 Å². The van der Waals surface area contributed by atoms with Crippen LogP contribution in [0.1, 0.15) is 26.3 Å². The van der Waals surface area contributed by atoms with Crippen LogP contribution < -0.4 is 4.74 Å². The van der Waals surface area contributed by atoms with Crippen molar-refractivity contribution in [3.63, 3.8) is 0 Å². The van der Waals surface area contributed by atoms with Gasteiger partial charge in [0, 0.05) is 39.3 Å². The third-order valence-corrected chi connectivity index (χ3v) is 4.64. The quantitative estimate of drug-likeness (QED) is 0.793. The van der Waals surface area contributed by atoms with Gasteiger partial charge in [0.1, 0.15) is 5.75 Å². The minimum atomic E-state index is -0.0270. The number of amides is 3. The van der Waals surface area contributed by atoms with Crippen LogP contribution >= 0.6 is 0 Å². The van der Waals surface area contributed by atoms with E-state index in [2.05, 4.69) is 6.92 Å².